The van der Waals surface area contributed by atoms with Crippen LogP contribution < -0.4 is 0 Å². The number of fused-ring (bicyclic) bond motifs is 7. The molecule has 3 fully saturated rings. The molecule has 2 aliphatic heterocycles. The Hall–Kier alpha value is -4.24. The van der Waals surface area contributed by atoms with E-state index in [1.165, 1.54) is 152 Å². The zero-order chi connectivity index (χ0) is 41.2. The number of pyridine rings is 2. The molecular formula is C57H63N3. The second-order valence-corrected chi connectivity index (χ2v) is 24.2. The van der Waals surface area contributed by atoms with Crippen molar-refractivity contribution in [2.24, 2.45) is 11.8 Å². The van der Waals surface area contributed by atoms with Crippen LogP contribution in [-0.4, -0.2) is 14.4 Å². The molecule has 0 N–H and O–H groups in total. The van der Waals surface area contributed by atoms with Crippen molar-refractivity contribution in [3.63, 3.8) is 0 Å². The molecule has 2 atom stereocenters. The van der Waals surface area contributed by atoms with E-state index in [-0.39, 0.29) is 21.7 Å². The fraction of sp³-hybridized carbons (Fsp3) is 0.509. The number of benzene rings is 3. The van der Waals surface area contributed by atoms with Gasteiger partial charge in [0.05, 0.1) is 33.6 Å². The highest BCUT2D eigenvalue weighted by Gasteiger charge is 2.49. The fourth-order valence-electron chi connectivity index (χ4n) is 14.8. The van der Waals surface area contributed by atoms with Crippen molar-refractivity contribution in [2.45, 2.75) is 172 Å². The second kappa shape index (κ2) is 11.4. The highest BCUT2D eigenvalue weighted by molar-refractivity contribution is 6.27. The molecule has 306 valence electrons. The summed E-state index contributed by atoms with van der Waals surface area (Å²) in [5.74, 6) is 3.89. The number of rotatable bonds is 1. The van der Waals surface area contributed by atoms with Crippen LogP contribution in [-0.2, 0) is 21.7 Å². The highest BCUT2D eigenvalue weighted by atomic mass is 15.0. The summed E-state index contributed by atoms with van der Waals surface area (Å²) in [5, 5.41) is 5.98. The average Bonchev–Trinajstić information content (AvgIpc) is 3.69. The van der Waals surface area contributed by atoms with Crippen molar-refractivity contribution in [1.29, 1.82) is 0 Å². The number of aromatic nitrogens is 3. The lowest BCUT2D eigenvalue weighted by Crippen LogP contribution is -2.38. The molecule has 7 aromatic rings. The van der Waals surface area contributed by atoms with E-state index in [4.69, 9.17) is 9.97 Å². The topological polar surface area (TPSA) is 30.2 Å². The van der Waals surface area contributed by atoms with E-state index in [0.29, 0.717) is 23.7 Å². The summed E-state index contributed by atoms with van der Waals surface area (Å²) < 4.78 is 2.83. The van der Waals surface area contributed by atoms with Crippen molar-refractivity contribution < 1.29 is 0 Å². The predicted molar refractivity (Wildman–Crippen MR) is 250 cm³/mol. The minimum absolute atomic E-state index is 0.0346. The first-order valence-corrected chi connectivity index (χ1v) is 23.9. The van der Waals surface area contributed by atoms with E-state index >= 15 is 0 Å². The molecule has 8 aliphatic rings. The van der Waals surface area contributed by atoms with Gasteiger partial charge >= 0.3 is 0 Å². The third-order valence-corrected chi connectivity index (χ3v) is 17.7. The lowest BCUT2D eigenvalue weighted by atomic mass is 9.60. The van der Waals surface area contributed by atoms with Gasteiger partial charge in [-0.3, -0.25) is 9.97 Å². The van der Waals surface area contributed by atoms with E-state index in [1.54, 1.807) is 10.9 Å². The molecule has 3 heteroatoms. The van der Waals surface area contributed by atoms with Crippen molar-refractivity contribution in [2.75, 3.05) is 0 Å². The Morgan fingerprint density at radius 2 is 1.05 bits per heavy atom. The molecular weight excluding hydrogens is 727 g/mol. The van der Waals surface area contributed by atoms with Crippen LogP contribution >= 0.6 is 0 Å². The third-order valence-electron chi connectivity index (χ3n) is 17.7. The monoisotopic (exact) mass is 790 g/mol. The van der Waals surface area contributed by atoms with Gasteiger partial charge in [0, 0.05) is 55.8 Å². The summed E-state index contributed by atoms with van der Waals surface area (Å²) in [6.07, 6.45) is 11.7. The first kappa shape index (κ1) is 36.4. The van der Waals surface area contributed by atoms with Gasteiger partial charge in [0.2, 0.25) is 0 Å². The molecule has 0 saturated heterocycles. The van der Waals surface area contributed by atoms with Gasteiger partial charge in [0.1, 0.15) is 0 Å². The first-order chi connectivity index (χ1) is 28.5. The van der Waals surface area contributed by atoms with E-state index in [0.717, 1.165) is 11.8 Å². The maximum atomic E-state index is 6.12. The first-order valence-electron chi connectivity index (χ1n) is 23.9. The Morgan fingerprint density at radius 3 is 1.65 bits per heavy atom. The number of hydrogen-bond acceptors (Lipinski definition) is 2. The Kier molecular flexibility index (Phi) is 6.93. The van der Waals surface area contributed by atoms with Gasteiger partial charge in [-0.25, -0.2) is 0 Å². The molecule has 6 heterocycles. The van der Waals surface area contributed by atoms with Gasteiger partial charge in [0.15, 0.2) is 0 Å². The summed E-state index contributed by atoms with van der Waals surface area (Å²) in [7, 11) is 0. The Balaban J connectivity index is 1.27. The number of hydrogen-bond donors (Lipinski definition) is 0. The average molecular weight is 790 g/mol. The van der Waals surface area contributed by atoms with Gasteiger partial charge in [-0.15, -0.1) is 0 Å². The normalized spacial score (nSPS) is 27.2. The lowest BCUT2D eigenvalue weighted by molar-refractivity contribution is 0.165. The smallest absolute Gasteiger partial charge is 0.0764 e. The molecule has 0 radical (unpaired) electrons. The molecule has 15 rings (SSSR count). The SMILES string of the molecule is CC(C)(C)c1cc(-c2cc3c4c5c(nc6c4n4c7c(nc8c(c7c(c2)c34)C(C)(C)c2ccccc2C8(C)C)C2CCC6CC2)C2CC3CC(C2)CC5C3)cc(C(C)(C)C)c1. The van der Waals surface area contributed by atoms with Gasteiger partial charge in [0.25, 0.3) is 0 Å². The van der Waals surface area contributed by atoms with Crippen LogP contribution in [0.5, 0.6) is 0 Å². The molecule has 3 saturated carbocycles. The molecule has 3 nitrogen and oxygen atoms in total. The van der Waals surface area contributed by atoms with Gasteiger partial charge in [-0.2, -0.15) is 0 Å². The van der Waals surface area contributed by atoms with Gasteiger partial charge < -0.3 is 4.40 Å². The summed E-state index contributed by atoms with van der Waals surface area (Å²) in [4.78, 5) is 12.2. The van der Waals surface area contributed by atoms with Gasteiger partial charge in [-0.05, 0) is 143 Å². The molecule has 60 heavy (non-hydrogen) atoms. The molecule has 6 bridgehead atoms. The highest BCUT2D eigenvalue weighted by Crippen LogP contribution is 2.62. The van der Waals surface area contributed by atoms with Crippen LogP contribution in [0.25, 0.3) is 49.2 Å². The third kappa shape index (κ3) is 4.58. The Morgan fingerprint density at radius 1 is 0.533 bits per heavy atom. The van der Waals surface area contributed by atoms with E-state index in [1.807, 2.05) is 0 Å². The van der Waals surface area contributed by atoms with Gasteiger partial charge in [-0.1, -0.05) is 112 Å². The van der Waals surface area contributed by atoms with E-state index in [2.05, 4.69) is 128 Å². The minimum atomic E-state index is -0.223. The van der Waals surface area contributed by atoms with Crippen LogP contribution in [0, 0.1) is 11.8 Å². The predicted octanol–water partition coefficient (Wildman–Crippen LogP) is 15.0. The summed E-state index contributed by atoms with van der Waals surface area (Å²) in [6, 6.07) is 22.2. The van der Waals surface area contributed by atoms with Crippen LogP contribution in [0.1, 0.15) is 207 Å². The molecule has 0 spiro atoms. The van der Waals surface area contributed by atoms with Crippen LogP contribution in [0.2, 0.25) is 0 Å². The van der Waals surface area contributed by atoms with Crippen molar-refractivity contribution in [3.05, 3.63) is 111 Å². The lowest BCUT2D eigenvalue weighted by Gasteiger charge is -2.44. The summed E-state index contributed by atoms with van der Waals surface area (Å²) in [6.45, 7) is 24.2. The van der Waals surface area contributed by atoms with Crippen molar-refractivity contribution in [1.82, 2.24) is 14.4 Å². The van der Waals surface area contributed by atoms with Crippen LogP contribution in [0.15, 0.2) is 54.6 Å². The Bertz CT molecular complexity index is 2970. The Labute approximate surface area is 357 Å². The van der Waals surface area contributed by atoms with Crippen molar-refractivity contribution >= 4 is 38.1 Å². The molecule has 4 aromatic heterocycles. The second-order valence-electron chi connectivity index (χ2n) is 24.2. The standard InChI is InChI=1S/C57H63N3/c1-54(2,3)37-24-33(25-38(28-37)55(4,5)6)34-26-39-44-43-35-20-29-19-30(21-35)23-36(22-29)47(43)58-48-31-15-17-32(18-16-31)49-52-45(40(27-34)50(39)60(52)51(44)48)46-53(59-49)57(9,10)42-14-12-11-13-41(42)56(46,7)8/h11-14,24-32,35-36H,15-23H2,1-10H3. The largest absolute Gasteiger partial charge is 0.304 e. The maximum absolute atomic E-state index is 6.12. The minimum Gasteiger partial charge on any atom is -0.304 e. The molecule has 0 amide bonds. The summed E-state index contributed by atoms with van der Waals surface area (Å²) >= 11 is 0. The molecule has 2 unspecified atom stereocenters. The summed E-state index contributed by atoms with van der Waals surface area (Å²) in [5.41, 5.74) is 21.1. The zero-order valence-electron chi connectivity index (χ0n) is 37.9. The van der Waals surface area contributed by atoms with E-state index in [9.17, 15) is 0 Å². The van der Waals surface area contributed by atoms with Crippen molar-refractivity contribution in [3.8, 4) is 11.1 Å². The number of nitrogens with zero attached hydrogens (tertiary/aromatic N) is 3. The van der Waals surface area contributed by atoms with Crippen LogP contribution in [0.4, 0.5) is 0 Å². The maximum Gasteiger partial charge on any atom is 0.0764 e. The quantitative estimate of drug-likeness (QED) is 0.166. The zero-order valence-corrected chi connectivity index (χ0v) is 37.9. The molecule has 6 aliphatic carbocycles. The fourth-order valence-corrected chi connectivity index (χ4v) is 14.8. The van der Waals surface area contributed by atoms with E-state index < -0.39 is 0 Å². The molecule has 3 aromatic carbocycles. The van der Waals surface area contributed by atoms with Crippen LogP contribution in [0.3, 0.4) is 0 Å².